The number of H-pyrrole nitrogens is 1. The van der Waals surface area contributed by atoms with E-state index in [-0.39, 0.29) is 0 Å². The summed E-state index contributed by atoms with van der Waals surface area (Å²) in [6.45, 7) is 0. The van der Waals surface area contributed by atoms with Crippen molar-refractivity contribution in [3.8, 4) is 0 Å². The van der Waals surface area contributed by atoms with Crippen LogP contribution >= 0.6 is 0 Å². The zero-order valence-electron chi connectivity index (χ0n) is 5.63. The van der Waals surface area contributed by atoms with Crippen LogP contribution in [0.5, 0.6) is 0 Å². The van der Waals surface area contributed by atoms with Crippen LogP contribution in [0.1, 0.15) is 34.9 Å². The van der Waals surface area contributed by atoms with Crippen LogP contribution in [0.4, 0.5) is 0 Å². The van der Waals surface area contributed by atoms with Gasteiger partial charge in [0, 0.05) is 5.69 Å². The minimum absolute atomic E-state index is 0.696. The molecule has 52 valence electrons. The molecule has 0 bridgehead atoms. The maximum Gasteiger partial charge on any atom is 0.166 e. The first-order chi connectivity index (χ1) is 4.90. The number of hydrogen-bond donors (Lipinski definition) is 1. The maximum atomic E-state index is 10.2. The Balaban J connectivity index is 2.26. The monoisotopic (exact) mass is 135 g/mol. The van der Waals surface area contributed by atoms with E-state index in [0.717, 1.165) is 6.29 Å². The number of carbonyl (C=O) groups is 1. The molecule has 0 aliphatic heterocycles. The second-order valence-electron chi connectivity index (χ2n) is 2.76. The minimum Gasteiger partial charge on any atom is -0.356 e. The Morgan fingerprint density at radius 1 is 1.50 bits per heavy atom. The molecule has 10 heavy (non-hydrogen) atoms. The molecule has 1 heterocycles. The molecule has 0 atom stereocenters. The van der Waals surface area contributed by atoms with E-state index in [4.69, 9.17) is 0 Å². The van der Waals surface area contributed by atoms with Crippen LogP contribution in [0.2, 0.25) is 0 Å². The SMILES string of the molecule is O=Cc1ccc(C2CC2)[nH]1. The zero-order chi connectivity index (χ0) is 6.97. The summed E-state index contributed by atoms with van der Waals surface area (Å²) in [5, 5.41) is 0. The molecule has 1 aliphatic carbocycles. The van der Waals surface area contributed by atoms with E-state index in [9.17, 15) is 4.79 Å². The fraction of sp³-hybridized carbons (Fsp3) is 0.375. The van der Waals surface area contributed by atoms with E-state index in [0.29, 0.717) is 11.6 Å². The van der Waals surface area contributed by atoms with Crippen molar-refractivity contribution in [2.45, 2.75) is 18.8 Å². The Labute approximate surface area is 59.3 Å². The van der Waals surface area contributed by atoms with Gasteiger partial charge >= 0.3 is 0 Å². The van der Waals surface area contributed by atoms with Gasteiger partial charge in [0.2, 0.25) is 0 Å². The number of aldehydes is 1. The van der Waals surface area contributed by atoms with Gasteiger partial charge < -0.3 is 4.98 Å². The van der Waals surface area contributed by atoms with Gasteiger partial charge in [-0.05, 0) is 30.9 Å². The van der Waals surface area contributed by atoms with Gasteiger partial charge in [-0.25, -0.2) is 0 Å². The van der Waals surface area contributed by atoms with Crippen molar-refractivity contribution in [3.63, 3.8) is 0 Å². The number of carbonyl (C=O) groups excluding carboxylic acids is 1. The molecular formula is C8H9NO. The predicted octanol–water partition coefficient (Wildman–Crippen LogP) is 1.70. The Kier molecular flexibility index (Phi) is 1.13. The van der Waals surface area contributed by atoms with Crippen molar-refractivity contribution in [1.82, 2.24) is 4.98 Å². The zero-order valence-corrected chi connectivity index (χ0v) is 5.63. The van der Waals surface area contributed by atoms with Gasteiger partial charge in [0.25, 0.3) is 0 Å². The number of rotatable bonds is 2. The van der Waals surface area contributed by atoms with Crippen molar-refractivity contribution < 1.29 is 4.79 Å². The topological polar surface area (TPSA) is 32.9 Å². The molecule has 2 heteroatoms. The Bertz CT molecular complexity index is 248. The highest BCUT2D eigenvalue weighted by molar-refractivity contribution is 5.72. The molecule has 0 saturated heterocycles. The van der Waals surface area contributed by atoms with Crippen molar-refractivity contribution in [3.05, 3.63) is 23.5 Å². The number of hydrogen-bond acceptors (Lipinski definition) is 1. The van der Waals surface area contributed by atoms with E-state index in [1.54, 1.807) is 0 Å². The lowest BCUT2D eigenvalue weighted by Crippen LogP contribution is -1.80. The summed E-state index contributed by atoms with van der Waals surface area (Å²) in [7, 11) is 0. The second kappa shape index (κ2) is 1.97. The van der Waals surface area contributed by atoms with E-state index in [2.05, 4.69) is 4.98 Å². The Hall–Kier alpha value is -1.05. The first-order valence-electron chi connectivity index (χ1n) is 3.54. The third kappa shape index (κ3) is 0.856. The minimum atomic E-state index is 0.696. The molecule has 1 fully saturated rings. The molecule has 2 rings (SSSR count). The van der Waals surface area contributed by atoms with E-state index < -0.39 is 0 Å². The lowest BCUT2D eigenvalue weighted by Gasteiger charge is -1.87. The third-order valence-corrected chi connectivity index (χ3v) is 1.88. The van der Waals surface area contributed by atoms with E-state index >= 15 is 0 Å². The maximum absolute atomic E-state index is 10.2. The summed E-state index contributed by atoms with van der Waals surface area (Å²) in [5.74, 6) is 0.716. The van der Waals surface area contributed by atoms with Gasteiger partial charge in [-0.3, -0.25) is 4.79 Å². The van der Waals surface area contributed by atoms with Crippen molar-refractivity contribution in [2.75, 3.05) is 0 Å². The van der Waals surface area contributed by atoms with Crippen molar-refractivity contribution in [2.24, 2.45) is 0 Å². The highest BCUT2D eigenvalue weighted by atomic mass is 16.1. The van der Waals surface area contributed by atoms with Crippen LogP contribution in [-0.2, 0) is 0 Å². The first-order valence-corrected chi connectivity index (χ1v) is 3.54. The molecule has 2 nitrogen and oxygen atoms in total. The van der Waals surface area contributed by atoms with E-state index in [1.165, 1.54) is 18.5 Å². The molecule has 0 radical (unpaired) electrons. The summed E-state index contributed by atoms with van der Waals surface area (Å²) in [6.07, 6.45) is 3.41. The predicted molar refractivity (Wildman–Crippen MR) is 38.2 cm³/mol. The van der Waals surface area contributed by atoms with Gasteiger partial charge in [-0.1, -0.05) is 0 Å². The van der Waals surface area contributed by atoms with Crippen LogP contribution in [0.15, 0.2) is 12.1 Å². The molecule has 0 spiro atoms. The van der Waals surface area contributed by atoms with Crippen molar-refractivity contribution in [1.29, 1.82) is 0 Å². The average molecular weight is 135 g/mol. The molecule has 1 aromatic rings. The van der Waals surface area contributed by atoms with Crippen LogP contribution in [-0.4, -0.2) is 11.3 Å². The molecule has 1 N–H and O–H groups in total. The highest BCUT2D eigenvalue weighted by Gasteiger charge is 2.24. The number of nitrogens with one attached hydrogen (secondary N) is 1. The highest BCUT2D eigenvalue weighted by Crippen LogP contribution is 2.39. The summed E-state index contributed by atoms with van der Waals surface area (Å²) in [5.41, 5.74) is 1.92. The molecule has 0 unspecified atom stereocenters. The van der Waals surface area contributed by atoms with Gasteiger partial charge in [-0.2, -0.15) is 0 Å². The average Bonchev–Trinajstić information content (AvgIpc) is 2.70. The first kappa shape index (κ1) is 5.71. The van der Waals surface area contributed by atoms with Gasteiger partial charge in [0.1, 0.15) is 0 Å². The van der Waals surface area contributed by atoms with Gasteiger partial charge in [0.15, 0.2) is 6.29 Å². The van der Waals surface area contributed by atoms with Gasteiger partial charge in [-0.15, -0.1) is 0 Å². The molecular weight excluding hydrogens is 126 g/mol. The van der Waals surface area contributed by atoms with Crippen LogP contribution in [0.3, 0.4) is 0 Å². The summed E-state index contributed by atoms with van der Waals surface area (Å²) < 4.78 is 0. The second-order valence-corrected chi connectivity index (χ2v) is 2.76. The normalized spacial score (nSPS) is 17.2. The van der Waals surface area contributed by atoms with Gasteiger partial charge in [0.05, 0.1) is 5.69 Å². The quantitative estimate of drug-likeness (QED) is 0.615. The lowest BCUT2D eigenvalue weighted by atomic mass is 10.3. The fourth-order valence-electron chi connectivity index (χ4n) is 1.13. The molecule has 1 aliphatic rings. The van der Waals surface area contributed by atoms with E-state index in [1.807, 2.05) is 12.1 Å². The number of aromatic nitrogens is 1. The lowest BCUT2D eigenvalue weighted by molar-refractivity contribution is 0.111. The standard InChI is InChI=1S/C8H9NO/c10-5-7-3-4-8(9-7)6-1-2-6/h3-6,9H,1-2H2. The summed E-state index contributed by atoms with van der Waals surface area (Å²) in [4.78, 5) is 13.3. The Morgan fingerprint density at radius 3 is 2.80 bits per heavy atom. The van der Waals surface area contributed by atoms with Crippen LogP contribution in [0, 0.1) is 0 Å². The molecule has 0 aromatic carbocycles. The Morgan fingerprint density at radius 2 is 2.30 bits per heavy atom. The number of aromatic amines is 1. The fourth-order valence-corrected chi connectivity index (χ4v) is 1.13. The molecule has 1 saturated carbocycles. The van der Waals surface area contributed by atoms with Crippen LogP contribution < -0.4 is 0 Å². The third-order valence-electron chi connectivity index (χ3n) is 1.88. The van der Waals surface area contributed by atoms with Crippen LogP contribution in [0.25, 0.3) is 0 Å². The smallest absolute Gasteiger partial charge is 0.166 e. The van der Waals surface area contributed by atoms with Crippen molar-refractivity contribution >= 4 is 6.29 Å². The molecule has 1 aromatic heterocycles. The summed E-state index contributed by atoms with van der Waals surface area (Å²) in [6, 6.07) is 3.84. The summed E-state index contributed by atoms with van der Waals surface area (Å²) >= 11 is 0. The molecule has 0 amide bonds. The largest absolute Gasteiger partial charge is 0.356 e.